The average Bonchev–Trinajstić information content (AvgIpc) is 3.12. The maximum atomic E-state index is 13.6. The number of ether oxygens (including phenoxy) is 3. The molecule has 4 atom stereocenters. The maximum Gasteiger partial charge on any atom is 0.408 e. The van der Waals surface area contributed by atoms with E-state index in [2.05, 4.69) is 26.6 Å². The Balaban J connectivity index is 2.02. The van der Waals surface area contributed by atoms with Gasteiger partial charge in [-0.25, -0.2) is 14.4 Å². The molecule has 0 saturated carbocycles. The van der Waals surface area contributed by atoms with Gasteiger partial charge in [-0.05, 0) is 82.4 Å². The van der Waals surface area contributed by atoms with Crippen LogP contribution in [0.15, 0.2) is 60.7 Å². The van der Waals surface area contributed by atoms with Crippen LogP contribution in [0.2, 0.25) is 0 Å². The van der Waals surface area contributed by atoms with Gasteiger partial charge in [-0.3, -0.25) is 14.4 Å². The van der Waals surface area contributed by atoms with Gasteiger partial charge in [-0.15, -0.1) is 0 Å². The zero-order valence-electron chi connectivity index (χ0n) is 32.4. The van der Waals surface area contributed by atoms with E-state index in [0.717, 1.165) is 11.1 Å². The number of alkyl carbamates (subject to hydrolysis) is 2. The summed E-state index contributed by atoms with van der Waals surface area (Å²) in [5.41, 5.74) is 0.866. The maximum absolute atomic E-state index is 13.6. The summed E-state index contributed by atoms with van der Waals surface area (Å²) in [6.07, 6.45) is 1.98. The Labute approximate surface area is 323 Å². The van der Waals surface area contributed by atoms with Gasteiger partial charge in [0.25, 0.3) is 0 Å². The van der Waals surface area contributed by atoms with Gasteiger partial charge in [-0.1, -0.05) is 74.5 Å². The summed E-state index contributed by atoms with van der Waals surface area (Å²) in [6, 6.07) is 14.3. The van der Waals surface area contributed by atoms with Crippen molar-refractivity contribution < 1.29 is 43.0 Å². The van der Waals surface area contributed by atoms with Gasteiger partial charge in [-0.2, -0.15) is 11.8 Å². The first-order chi connectivity index (χ1) is 25.6. The highest BCUT2D eigenvalue weighted by Gasteiger charge is 2.32. The van der Waals surface area contributed by atoms with Crippen molar-refractivity contribution in [2.75, 3.05) is 18.6 Å². The molecule has 2 aromatic carbocycles. The Kier molecular flexibility index (Phi) is 20.0. The van der Waals surface area contributed by atoms with Crippen LogP contribution in [0.1, 0.15) is 78.4 Å². The molecule has 298 valence electrons. The molecule has 0 spiro atoms. The van der Waals surface area contributed by atoms with Gasteiger partial charge >= 0.3 is 18.2 Å². The lowest BCUT2D eigenvalue weighted by molar-refractivity contribution is -0.149. The lowest BCUT2D eigenvalue weighted by atomic mass is 10.0. The average molecular weight is 772 g/mol. The molecule has 0 aliphatic heterocycles. The zero-order chi connectivity index (χ0) is 40.1. The highest BCUT2D eigenvalue weighted by atomic mass is 32.2. The van der Waals surface area contributed by atoms with Crippen LogP contribution in [0, 0.1) is 5.92 Å². The Morgan fingerprint density at radius 1 is 0.667 bits per heavy atom. The molecule has 2 aromatic rings. The number of thioether (sulfide) groups is 1. The van der Waals surface area contributed by atoms with Crippen molar-refractivity contribution in [3.8, 4) is 0 Å². The number of nitrogens with one attached hydrogen (secondary N) is 5. The molecule has 0 heterocycles. The van der Waals surface area contributed by atoms with Crippen molar-refractivity contribution in [2.24, 2.45) is 5.92 Å². The molecule has 0 radical (unpaired) electrons. The van der Waals surface area contributed by atoms with E-state index in [0.29, 0.717) is 25.0 Å². The molecule has 54 heavy (non-hydrogen) atoms. The summed E-state index contributed by atoms with van der Waals surface area (Å²) in [5, 5.41) is 13.3. The monoisotopic (exact) mass is 771 g/mol. The van der Waals surface area contributed by atoms with E-state index in [4.69, 9.17) is 14.2 Å². The van der Waals surface area contributed by atoms with Crippen LogP contribution in [0.4, 0.5) is 9.59 Å². The number of esters is 1. The number of hydrogen-bond acceptors (Lipinski definition) is 10. The smallest absolute Gasteiger partial charge is 0.408 e. The van der Waals surface area contributed by atoms with Crippen LogP contribution >= 0.6 is 11.8 Å². The first kappa shape index (κ1) is 45.4. The predicted octanol–water partition coefficient (Wildman–Crippen LogP) is 4.60. The van der Waals surface area contributed by atoms with Gasteiger partial charge in [0.1, 0.15) is 43.0 Å². The fourth-order valence-electron chi connectivity index (χ4n) is 4.92. The van der Waals surface area contributed by atoms with Crippen molar-refractivity contribution in [3.63, 3.8) is 0 Å². The van der Waals surface area contributed by atoms with Gasteiger partial charge < -0.3 is 40.8 Å². The summed E-state index contributed by atoms with van der Waals surface area (Å²) < 4.78 is 16.1. The van der Waals surface area contributed by atoms with E-state index < -0.39 is 71.6 Å². The minimum atomic E-state index is -1.07. The molecule has 14 nitrogen and oxygen atoms in total. The summed E-state index contributed by atoms with van der Waals surface area (Å²) in [6.45, 7) is 10.5. The molecule has 0 aliphatic rings. The highest BCUT2D eigenvalue weighted by molar-refractivity contribution is 7.98. The van der Waals surface area contributed by atoms with Crippen molar-refractivity contribution >= 4 is 47.6 Å². The zero-order valence-corrected chi connectivity index (χ0v) is 33.2. The number of benzene rings is 2. The summed E-state index contributed by atoms with van der Waals surface area (Å²) in [7, 11) is 0. The van der Waals surface area contributed by atoms with E-state index in [9.17, 15) is 28.8 Å². The third-order valence-electron chi connectivity index (χ3n) is 7.84. The normalized spacial score (nSPS) is 13.3. The van der Waals surface area contributed by atoms with Crippen LogP contribution in [-0.4, -0.2) is 84.2 Å². The van der Waals surface area contributed by atoms with Crippen molar-refractivity contribution in [1.82, 2.24) is 26.6 Å². The highest BCUT2D eigenvalue weighted by Crippen LogP contribution is 2.11. The van der Waals surface area contributed by atoms with Crippen molar-refractivity contribution in [3.05, 3.63) is 71.8 Å². The predicted molar refractivity (Wildman–Crippen MR) is 207 cm³/mol. The minimum absolute atomic E-state index is 0.00311. The van der Waals surface area contributed by atoms with Crippen LogP contribution in [0.3, 0.4) is 0 Å². The molecule has 0 saturated heterocycles. The molecule has 5 N–H and O–H groups in total. The minimum Gasteiger partial charge on any atom is -0.459 e. The standard InChI is InChI=1S/C39H57N5O9S/c1-26(2)32(44-33(45)27(3)41-34(46)30(21-23-54-7)43-38(50)53-39(4,5)6)35(47)42-31(36(48)51-24-28-16-10-8-11-17-28)20-14-15-22-40-37(49)52-25-29-18-12-9-13-19-29/h8-13,16-19,26-27,30-32H,14-15,20-25H2,1-7H3,(H,40,49)(H,41,46)(H,42,47)(H,43,50)(H,44,45)/t27-,30-,31-,32-/m0/s1. The number of rotatable bonds is 21. The molecule has 0 bridgehead atoms. The Bertz CT molecular complexity index is 1490. The van der Waals surface area contributed by atoms with Gasteiger partial charge in [0, 0.05) is 6.54 Å². The molecule has 0 fully saturated rings. The number of amides is 5. The van der Waals surface area contributed by atoms with E-state index in [-0.39, 0.29) is 26.2 Å². The van der Waals surface area contributed by atoms with Crippen LogP contribution < -0.4 is 26.6 Å². The number of carbonyl (C=O) groups excluding carboxylic acids is 6. The second-order valence-electron chi connectivity index (χ2n) is 14.1. The first-order valence-electron chi connectivity index (χ1n) is 18.1. The third-order valence-corrected chi connectivity index (χ3v) is 8.49. The molecule has 2 rings (SSSR count). The van der Waals surface area contributed by atoms with Gasteiger partial charge in [0.05, 0.1) is 0 Å². The molecule has 15 heteroatoms. The van der Waals surface area contributed by atoms with Gasteiger partial charge in [0.15, 0.2) is 0 Å². The number of carbonyl (C=O) groups is 6. The molecular weight excluding hydrogens is 715 g/mol. The fourth-order valence-corrected chi connectivity index (χ4v) is 5.40. The lowest BCUT2D eigenvalue weighted by Crippen LogP contribution is -2.58. The third kappa shape index (κ3) is 18.3. The van der Waals surface area contributed by atoms with E-state index >= 15 is 0 Å². The Morgan fingerprint density at radius 3 is 1.81 bits per heavy atom. The Morgan fingerprint density at radius 2 is 1.26 bits per heavy atom. The van der Waals surface area contributed by atoms with E-state index in [1.807, 2.05) is 66.9 Å². The second kappa shape index (κ2) is 23.8. The quantitative estimate of drug-likeness (QED) is 0.0681. The lowest BCUT2D eigenvalue weighted by Gasteiger charge is -2.27. The number of unbranched alkanes of at least 4 members (excludes halogenated alkanes) is 1. The first-order valence-corrected chi connectivity index (χ1v) is 19.5. The summed E-state index contributed by atoms with van der Waals surface area (Å²) >= 11 is 1.49. The van der Waals surface area contributed by atoms with E-state index in [1.54, 1.807) is 34.6 Å². The summed E-state index contributed by atoms with van der Waals surface area (Å²) in [5.74, 6) is -2.30. The Hall–Kier alpha value is -4.79. The SMILES string of the molecule is CSCC[C@H](NC(=O)OC(C)(C)C)C(=O)N[C@@H](C)C(=O)N[C@H](C(=O)N[C@@H](CCCCNC(=O)OCc1ccccc1)C(=O)OCc1ccccc1)C(C)C. The summed E-state index contributed by atoms with van der Waals surface area (Å²) in [4.78, 5) is 77.9. The van der Waals surface area contributed by atoms with Crippen LogP contribution in [0.25, 0.3) is 0 Å². The van der Waals surface area contributed by atoms with Crippen LogP contribution in [0.5, 0.6) is 0 Å². The molecule has 0 aromatic heterocycles. The van der Waals surface area contributed by atoms with Crippen molar-refractivity contribution in [2.45, 2.75) is 110 Å². The molecule has 0 unspecified atom stereocenters. The van der Waals surface area contributed by atoms with Gasteiger partial charge in [0.2, 0.25) is 17.7 Å². The fraction of sp³-hybridized carbons (Fsp3) is 0.538. The van der Waals surface area contributed by atoms with Crippen molar-refractivity contribution in [1.29, 1.82) is 0 Å². The van der Waals surface area contributed by atoms with E-state index in [1.165, 1.54) is 18.7 Å². The van der Waals surface area contributed by atoms with Crippen LogP contribution in [-0.2, 0) is 46.6 Å². The largest absolute Gasteiger partial charge is 0.459 e. The molecule has 0 aliphatic carbocycles. The molecule has 5 amide bonds. The molecular formula is C39H57N5O9S. The topological polar surface area (TPSA) is 190 Å². The number of hydrogen-bond donors (Lipinski definition) is 5. The second-order valence-corrected chi connectivity index (χ2v) is 15.1.